The Labute approximate surface area is 120 Å². The van der Waals surface area contributed by atoms with Crippen molar-refractivity contribution >= 4 is 17.1 Å². The molecule has 0 radical (unpaired) electrons. The number of para-hydroxylation sites is 1. The fourth-order valence-corrected chi connectivity index (χ4v) is 2.13. The van der Waals surface area contributed by atoms with Gasteiger partial charge in [-0.05, 0) is 45.0 Å². The molecule has 0 aliphatic rings. The second-order valence-electron chi connectivity index (χ2n) is 4.83. The van der Waals surface area contributed by atoms with Crippen molar-refractivity contribution in [1.29, 1.82) is 0 Å². The highest BCUT2D eigenvalue weighted by Gasteiger charge is 2.07. The number of hydrogen-bond donors (Lipinski definition) is 1. The molecule has 0 heterocycles. The highest BCUT2D eigenvalue weighted by Crippen LogP contribution is 2.18. The molecule has 2 N–H and O–H groups in total. The Hall–Kier alpha value is -2.29. The Balaban J connectivity index is 2.35. The van der Waals surface area contributed by atoms with E-state index in [0.29, 0.717) is 0 Å². The van der Waals surface area contributed by atoms with Gasteiger partial charge in [-0.1, -0.05) is 29.8 Å². The summed E-state index contributed by atoms with van der Waals surface area (Å²) < 4.78 is 0. The van der Waals surface area contributed by atoms with E-state index in [0.717, 1.165) is 29.2 Å². The molecule has 0 saturated heterocycles. The fourth-order valence-electron chi connectivity index (χ4n) is 2.13. The molecular weight excluding hydrogens is 246 g/mol. The summed E-state index contributed by atoms with van der Waals surface area (Å²) in [7, 11) is 0. The van der Waals surface area contributed by atoms with Gasteiger partial charge >= 0.3 is 0 Å². The summed E-state index contributed by atoms with van der Waals surface area (Å²) in [5, 5.41) is 6.69. The minimum Gasteiger partial charge on any atom is -0.398 e. The first-order chi connectivity index (χ1) is 9.61. The van der Waals surface area contributed by atoms with Crippen LogP contribution in [-0.2, 0) is 0 Å². The molecule has 0 aliphatic heterocycles. The first-order valence-electron chi connectivity index (χ1n) is 6.86. The number of benzene rings is 2. The van der Waals surface area contributed by atoms with E-state index in [1.807, 2.05) is 42.3 Å². The van der Waals surface area contributed by atoms with Crippen LogP contribution in [0.4, 0.5) is 11.4 Å². The number of anilines is 2. The van der Waals surface area contributed by atoms with Crippen molar-refractivity contribution in [3.63, 3.8) is 0 Å². The van der Waals surface area contributed by atoms with E-state index in [4.69, 9.17) is 10.8 Å². The number of nitrogen functional groups attached to an aromatic ring is 1. The van der Waals surface area contributed by atoms with E-state index in [-0.39, 0.29) is 0 Å². The van der Waals surface area contributed by atoms with Gasteiger partial charge in [0.2, 0.25) is 0 Å². The van der Waals surface area contributed by atoms with Crippen LogP contribution in [0.15, 0.2) is 53.6 Å². The second-order valence-corrected chi connectivity index (χ2v) is 4.83. The maximum atomic E-state index is 6.05. The van der Waals surface area contributed by atoms with Crippen LogP contribution in [0.25, 0.3) is 0 Å². The van der Waals surface area contributed by atoms with Crippen molar-refractivity contribution in [2.75, 3.05) is 17.3 Å². The third kappa shape index (κ3) is 3.18. The number of hydrogen-bond acceptors (Lipinski definition) is 3. The molecule has 0 fully saturated rings. The Kier molecular flexibility index (Phi) is 4.41. The lowest BCUT2D eigenvalue weighted by Crippen LogP contribution is -2.18. The van der Waals surface area contributed by atoms with Crippen molar-refractivity contribution in [2.24, 2.45) is 5.10 Å². The minimum atomic E-state index is 0.765. The summed E-state index contributed by atoms with van der Waals surface area (Å²) >= 11 is 0. The van der Waals surface area contributed by atoms with Gasteiger partial charge in [-0.3, -0.25) is 5.01 Å². The lowest BCUT2D eigenvalue weighted by molar-refractivity contribution is 0.892. The van der Waals surface area contributed by atoms with Crippen LogP contribution in [0.3, 0.4) is 0 Å². The lowest BCUT2D eigenvalue weighted by atomic mass is 10.1. The summed E-state index contributed by atoms with van der Waals surface area (Å²) in [4.78, 5) is 0. The average Bonchev–Trinajstić information content (AvgIpc) is 2.48. The Bertz CT molecular complexity index is 603. The van der Waals surface area contributed by atoms with Crippen LogP contribution in [0.5, 0.6) is 0 Å². The van der Waals surface area contributed by atoms with Gasteiger partial charge in [0.1, 0.15) is 0 Å². The zero-order chi connectivity index (χ0) is 14.5. The van der Waals surface area contributed by atoms with Crippen LogP contribution in [-0.4, -0.2) is 12.3 Å². The smallest absolute Gasteiger partial charge is 0.0671 e. The average molecular weight is 267 g/mol. The molecule has 0 bridgehead atoms. The maximum absolute atomic E-state index is 6.05. The molecule has 104 valence electrons. The molecule has 0 saturated carbocycles. The van der Waals surface area contributed by atoms with Crippen LogP contribution in [0.2, 0.25) is 0 Å². The summed E-state index contributed by atoms with van der Waals surface area (Å²) in [5.74, 6) is 0. The number of aryl methyl sites for hydroxylation is 1. The van der Waals surface area contributed by atoms with E-state index in [1.165, 1.54) is 5.56 Å². The Morgan fingerprint density at radius 1 is 1.15 bits per heavy atom. The maximum Gasteiger partial charge on any atom is 0.0671 e. The molecule has 2 rings (SSSR count). The zero-order valence-electron chi connectivity index (χ0n) is 12.3. The topological polar surface area (TPSA) is 41.6 Å². The number of hydrazone groups is 1. The van der Waals surface area contributed by atoms with E-state index in [2.05, 4.69) is 32.0 Å². The fraction of sp³-hybridized carbons (Fsp3) is 0.235. The third-order valence-electron chi connectivity index (χ3n) is 3.22. The largest absolute Gasteiger partial charge is 0.398 e. The lowest BCUT2D eigenvalue weighted by Gasteiger charge is -2.19. The van der Waals surface area contributed by atoms with Crippen LogP contribution < -0.4 is 10.7 Å². The molecule has 2 aromatic carbocycles. The first kappa shape index (κ1) is 14.1. The van der Waals surface area contributed by atoms with Gasteiger partial charge in [0, 0.05) is 17.8 Å². The monoisotopic (exact) mass is 267 g/mol. The first-order valence-corrected chi connectivity index (χ1v) is 6.86. The normalized spacial score (nSPS) is 11.4. The summed E-state index contributed by atoms with van der Waals surface area (Å²) in [6, 6.07) is 16.2. The number of nitrogens with zero attached hydrogens (tertiary/aromatic N) is 2. The quantitative estimate of drug-likeness (QED) is 0.519. The van der Waals surface area contributed by atoms with Crippen LogP contribution >= 0.6 is 0 Å². The summed E-state index contributed by atoms with van der Waals surface area (Å²) in [6.07, 6.45) is 0. The van der Waals surface area contributed by atoms with Crippen molar-refractivity contribution in [2.45, 2.75) is 20.8 Å². The molecule has 20 heavy (non-hydrogen) atoms. The van der Waals surface area contributed by atoms with E-state index < -0.39 is 0 Å². The molecule has 3 heteroatoms. The van der Waals surface area contributed by atoms with E-state index in [9.17, 15) is 0 Å². The van der Waals surface area contributed by atoms with Gasteiger partial charge in [0.25, 0.3) is 0 Å². The Morgan fingerprint density at radius 2 is 1.85 bits per heavy atom. The summed E-state index contributed by atoms with van der Waals surface area (Å²) in [6.45, 7) is 6.96. The third-order valence-corrected chi connectivity index (χ3v) is 3.22. The predicted molar refractivity (Wildman–Crippen MR) is 87.3 cm³/mol. The van der Waals surface area contributed by atoms with Crippen LogP contribution in [0.1, 0.15) is 25.0 Å². The van der Waals surface area contributed by atoms with Crippen LogP contribution in [0, 0.1) is 6.92 Å². The van der Waals surface area contributed by atoms with E-state index in [1.54, 1.807) is 0 Å². The van der Waals surface area contributed by atoms with Crippen molar-refractivity contribution < 1.29 is 0 Å². The van der Waals surface area contributed by atoms with Crippen molar-refractivity contribution in [3.8, 4) is 0 Å². The standard InChI is InChI=1S/C17H21N3/c1-4-20(15-8-6-5-7-9-15)19-14(3)16-12-13(2)10-11-17(16)18/h5-12H,4,18H2,1-3H3/b19-14+. The molecule has 2 aromatic rings. The molecule has 0 unspecified atom stereocenters. The molecular formula is C17H21N3. The van der Waals surface area contributed by atoms with Gasteiger partial charge in [0.05, 0.1) is 11.4 Å². The Morgan fingerprint density at radius 3 is 2.50 bits per heavy atom. The van der Waals surface area contributed by atoms with Crippen molar-refractivity contribution in [1.82, 2.24) is 0 Å². The molecule has 0 aromatic heterocycles. The van der Waals surface area contributed by atoms with Gasteiger partial charge < -0.3 is 5.73 Å². The minimum absolute atomic E-state index is 0.765. The van der Waals surface area contributed by atoms with Crippen molar-refractivity contribution in [3.05, 3.63) is 59.7 Å². The molecule has 0 amide bonds. The summed E-state index contributed by atoms with van der Waals surface area (Å²) in [5.41, 5.74) is 11.0. The second kappa shape index (κ2) is 6.24. The SMILES string of the molecule is CCN(/N=C(\C)c1cc(C)ccc1N)c1ccccc1. The molecule has 0 atom stereocenters. The van der Waals surface area contributed by atoms with Gasteiger partial charge in [0.15, 0.2) is 0 Å². The number of rotatable bonds is 4. The number of nitrogens with two attached hydrogens (primary N) is 1. The zero-order valence-corrected chi connectivity index (χ0v) is 12.3. The van der Waals surface area contributed by atoms with Gasteiger partial charge in [-0.25, -0.2) is 0 Å². The molecule has 3 nitrogen and oxygen atoms in total. The molecule has 0 aliphatic carbocycles. The van der Waals surface area contributed by atoms with E-state index >= 15 is 0 Å². The van der Waals surface area contributed by atoms with Gasteiger partial charge in [-0.15, -0.1) is 0 Å². The molecule has 0 spiro atoms. The highest BCUT2D eigenvalue weighted by atomic mass is 15.5. The highest BCUT2D eigenvalue weighted by molar-refractivity contribution is 6.03. The predicted octanol–water partition coefficient (Wildman–Crippen LogP) is 3.83. The van der Waals surface area contributed by atoms with Gasteiger partial charge in [-0.2, -0.15) is 5.10 Å².